The van der Waals surface area contributed by atoms with E-state index in [2.05, 4.69) is 16.0 Å². The Morgan fingerprint density at radius 2 is 2.20 bits per heavy atom. The Morgan fingerprint density at radius 3 is 3.00 bits per heavy atom. The average molecular weight is 369 g/mol. The van der Waals surface area contributed by atoms with Crippen LogP contribution in [0.2, 0.25) is 0 Å². The average Bonchev–Trinajstić information content (AvgIpc) is 3.27. The number of carbonyl (C=O) groups excluding carboxylic acids is 1. The van der Waals surface area contributed by atoms with Crippen molar-refractivity contribution < 1.29 is 4.79 Å². The van der Waals surface area contributed by atoms with E-state index in [1.54, 1.807) is 34.6 Å². The molecule has 1 atom stereocenters. The first-order chi connectivity index (χ1) is 12.2. The van der Waals surface area contributed by atoms with E-state index in [1.165, 1.54) is 12.8 Å². The lowest BCUT2D eigenvalue weighted by atomic mass is 10.2. The lowest BCUT2D eigenvalue weighted by molar-refractivity contribution is 0.253. The summed E-state index contributed by atoms with van der Waals surface area (Å²) in [5, 5.41) is 1.16. The second-order valence-electron chi connectivity index (χ2n) is 6.17. The van der Waals surface area contributed by atoms with E-state index >= 15 is 0 Å². The van der Waals surface area contributed by atoms with Gasteiger partial charge in [-0.1, -0.05) is 23.5 Å². The Bertz CT molecular complexity index is 984. The van der Waals surface area contributed by atoms with Gasteiger partial charge in [-0.3, -0.25) is 9.30 Å². The molecule has 2 amide bonds. The first kappa shape index (κ1) is 15.1. The number of carbonyl (C=O) groups is 1. The predicted octanol–water partition coefficient (Wildman–Crippen LogP) is 3.61. The van der Waals surface area contributed by atoms with Crippen LogP contribution >= 0.6 is 23.5 Å². The van der Waals surface area contributed by atoms with Gasteiger partial charge in [0.05, 0.1) is 17.3 Å². The molecule has 1 unspecified atom stereocenters. The van der Waals surface area contributed by atoms with Crippen LogP contribution in [0.4, 0.5) is 10.5 Å². The Balaban J connectivity index is 1.47. The largest absolute Gasteiger partial charge is 0.351 e. The summed E-state index contributed by atoms with van der Waals surface area (Å²) in [5.74, 6) is 1.25. The molecule has 126 valence electrons. The van der Waals surface area contributed by atoms with Gasteiger partial charge in [-0.15, -0.1) is 0 Å². The van der Waals surface area contributed by atoms with Gasteiger partial charge in [0.1, 0.15) is 5.03 Å². The summed E-state index contributed by atoms with van der Waals surface area (Å²) in [4.78, 5) is 24.5. The molecule has 6 nitrogen and oxygen atoms in total. The maximum absolute atomic E-state index is 11.9. The van der Waals surface area contributed by atoms with Gasteiger partial charge in [-0.2, -0.15) is 0 Å². The quantitative estimate of drug-likeness (QED) is 0.763. The molecule has 0 spiro atoms. The minimum atomic E-state index is -0.364. The fraction of sp³-hybridized carbons (Fsp3) is 0.235. The second kappa shape index (κ2) is 5.67. The van der Waals surface area contributed by atoms with Crippen LogP contribution < -0.4 is 10.6 Å². The summed E-state index contributed by atoms with van der Waals surface area (Å²) < 4.78 is 1.97. The molecule has 1 aromatic carbocycles. The first-order valence-corrected chi connectivity index (χ1v) is 9.75. The molecule has 2 aliphatic rings. The van der Waals surface area contributed by atoms with Gasteiger partial charge in [0, 0.05) is 22.2 Å². The summed E-state index contributed by atoms with van der Waals surface area (Å²) in [5.41, 5.74) is 6.56. The van der Waals surface area contributed by atoms with Gasteiger partial charge >= 0.3 is 6.03 Å². The number of urea groups is 1. The number of amides is 2. The Kier molecular flexibility index (Phi) is 3.42. The SMILES string of the molecule is NC(=O)N1c2ccc(Sc3cnc4ncccn34)cc2SC1C1CC1. The Hall–Kier alpha value is -2.19. The minimum absolute atomic E-state index is 0.146. The van der Waals surface area contributed by atoms with Gasteiger partial charge in [0.15, 0.2) is 0 Å². The smallest absolute Gasteiger partial charge is 0.320 e. The molecule has 1 aliphatic carbocycles. The molecular formula is C17H15N5OS2. The normalized spacial score (nSPS) is 19.4. The number of hydrogen-bond donors (Lipinski definition) is 1. The van der Waals surface area contributed by atoms with Crippen molar-refractivity contribution in [1.29, 1.82) is 0 Å². The van der Waals surface area contributed by atoms with Gasteiger partial charge in [0.25, 0.3) is 0 Å². The topological polar surface area (TPSA) is 76.5 Å². The highest BCUT2D eigenvalue weighted by molar-refractivity contribution is 8.01. The maximum Gasteiger partial charge on any atom is 0.320 e. The number of benzene rings is 1. The number of rotatable bonds is 3. The van der Waals surface area contributed by atoms with Gasteiger partial charge in [-0.05, 0) is 43.0 Å². The monoisotopic (exact) mass is 369 g/mol. The van der Waals surface area contributed by atoms with Crippen LogP contribution in [0.25, 0.3) is 5.78 Å². The van der Waals surface area contributed by atoms with Crippen molar-refractivity contribution in [1.82, 2.24) is 14.4 Å². The van der Waals surface area contributed by atoms with E-state index in [1.807, 2.05) is 35.0 Å². The van der Waals surface area contributed by atoms with Crippen molar-refractivity contribution in [2.45, 2.75) is 33.0 Å². The summed E-state index contributed by atoms with van der Waals surface area (Å²) in [6.07, 6.45) is 7.87. The van der Waals surface area contributed by atoms with E-state index in [-0.39, 0.29) is 11.4 Å². The van der Waals surface area contributed by atoms with Crippen molar-refractivity contribution in [3.05, 3.63) is 42.9 Å². The molecule has 0 bridgehead atoms. The number of nitrogens with zero attached hydrogens (tertiary/aromatic N) is 4. The molecule has 0 saturated heterocycles. The van der Waals surface area contributed by atoms with E-state index in [0.717, 1.165) is 20.5 Å². The van der Waals surface area contributed by atoms with Crippen molar-refractivity contribution >= 4 is 41.0 Å². The zero-order chi connectivity index (χ0) is 17.0. The third kappa shape index (κ3) is 2.56. The number of anilines is 1. The Morgan fingerprint density at radius 1 is 1.32 bits per heavy atom. The standard InChI is InChI=1S/C17H15N5OS2/c18-16(23)22-12-5-4-11(8-13(12)25-15(22)10-2-3-10)24-14-9-20-17-19-6-1-7-21(14)17/h1,4-10,15H,2-3H2,(H2,18,23). The summed E-state index contributed by atoms with van der Waals surface area (Å²) >= 11 is 3.39. The molecule has 25 heavy (non-hydrogen) atoms. The third-order valence-corrected chi connectivity index (χ3v) is 6.85. The lowest BCUT2D eigenvalue weighted by Gasteiger charge is -2.22. The van der Waals surface area contributed by atoms with E-state index in [4.69, 9.17) is 5.73 Å². The highest BCUT2D eigenvalue weighted by Gasteiger charge is 2.43. The number of primary amides is 1. The molecule has 2 aromatic heterocycles. The van der Waals surface area contributed by atoms with Crippen LogP contribution in [-0.4, -0.2) is 25.8 Å². The molecule has 1 fully saturated rings. The molecule has 3 aromatic rings. The van der Waals surface area contributed by atoms with E-state index < -0.39 is 0 Å². The number of aromatic nitrogens is 3. The molecular weight excluding hydrogens is 354 g/mol. The van der Waals surface area contributed by atoms with Gasteiger partial charge in [0.2, 0.25) is 5.78 Å². The van der Waals surface area contributed by atoms with Crippen LogP contribution in [0.1, 0.15) is 12.8 Å². The van der Waals surface area contributed by atoms with Crippen LogP contribution in [-0.2, 0) is 0 Å². The van der Waals surface area contributed by atoms with Crippen LogP contribution in [0.5, 0.6) is 0 Å². The van der Waals surface area contributed by atoms with E-state index in [0.29, 0.717) is 11.7 Å². The fourth-order valence-corrected chi connectivity index (χ4v) is 5.61. The number of hydrogen-bond acceptors (Lipinski definition) is 5. The van der Waals surface area contributed by atoms with Gasteiger partial charge < -0.3 is 5.73 Å². The molecule has 1 saturated carbocycles. The highest BCUT2D eigenvalue weighted by atomic mass is 32.2. The second-order valence-corrected chi connectivity index (χ2v) is 8.42. The summed E-state index contributed by atoms with van der Waals surface area (Å²) in [7, 11) is 0. The predicted molar refractivity (Wildman–Crippen MR) is 98.0 cm³/mol. The molecule has 2 N–H and O–H groups in total. The van der Waals surface area contributed by atoms with Crippen LogP contribution in [0, 0.1) is 5.92 Å². The zero-order valence-corrected chi connectivity index (χ0v) is 14.8. The zero-order valence-electron chi connectivity index (χ0n) is 13.2. The number of fused-ring (bicyclic) bond motifs is 2. The summed E-state index contributed by atoms with van der Waals surface area (Å²) in [6, 6.07) is 7.70. The molecule has 8 heteroatoms. The molecule has 5 rings (SSSR count). The van der Waals surface area contributed by atoms with Crippen LogP contribution in [0.3, 0.4) is 0 Å². The number of thioether (sulfide) groups is 1. The van der Waals surface area contributed by atoms with Crippen molar-refractivity contribution in [3.8, 4) is 0 Å². The van der Waals surface area contributed by atoms with Crippen LogP contribution in [0.15, 0.2) is 57.7 Å². The lowest BCUT2D eigenvalue weighted by Crippen LogP contribution is -2.40. The fourth-order valence-electron chi connectivity index (χ4n) is 3.11. The molecule has 1 aliphatic heterocycles. The number of nitrogens with two attached hydrogens (primary N) is 1. The Labute approximate surface area is 152 Å². The van der Waals surface area contributed by atoms with Gasteiger partial charge in [-0.25, -0.2) is 14.8 Å². The first-order valence-electron chi connectivity index (χ1n) is 8.06. The third-order valence-electron chi connectivity index (χ3n) is 4.43. The van der Waals surface area contributed by atoms with Crippen molar-refractivity contribution in [2.24, 2.45) is 11.7 Å². The van der Waals surface area contributed by atoms with E-state index in [9.17, 15) is 4.79 Å². The number of imidazole rings is 1. The summed E-state index contributed by atoms with van der Waals surface area (Å²) in [6.45, 7) is 0. The highest BCUT2D eigenvalue weighted by Crippen LogP contribution is 2.52. The maximum atomic E-state index is 11.9. The minimum Gasteiger partial charge on any atom is -0.351 e. The molecule has 3 heterocycles. The van der Waals surface area contributed by atoms with Crippen molar-refractivity contribution in [3.63, 3.8) is 0 Å². The molecule has 0 radical (unpaired) electrons. The van der Waals surface area contributed by atoms with Crippen molar-refractivity contribution in [2.75, 3.05) is 4.90 Å².